The van der Waals surface area contributed by atoms with E-state index in [4.69, 9.17) is 0 Å². The first-order chi connectivity index (χ1) is 10.5. The van der Waals surface area contributed by atoms with Crippen LogP contribution in [-0.2, 0) is 6.54 Å². The predicted octanol–water partition coefficient (Wildman–Crippen LogP) is 3.08. The first kappa shape index (κ1) is 16.2. The van der Waals surface area contributed by atoms with Crippen LogP contribution in [0, 0.1) is 0 Å². The van der Waals surface area contributed by atoms with E-state index in [0.717, 1.165) is 10.0 Å². The molecule has 0 heterocycles. The Morgan fingerprint density at radius 1 is 1.00 bits per heavy atom. The van der Waals surface area contributed by atoms with Crippen molar-refractivity contribution in [3.63, 3.8) is 0 Å². The standard InChI is InChI=1S/C17H17BrN2O2/c1-19-16(21)13-5-3-12(4-6-13)11-20(2)17(22)14-7-9-15(18)10-8-14/h3-10H,11H2,1-2H3,(H,19,21). The first-order valence-electron chi connectivity index (χ1n) is 6.83. The molecule has 2 aromatic carbocycles. The predicted molar refractivity (Wildman–Crippen MR) is 89.8 cm³/mol. The molecule has 4 nitrogen and oxygen atoms in total. The van der Waals surface area contributed by atoms with Crippen LogP contribution in [0.25, 0.3) is 0 Å². The molecule has 0 spiro atoms. The monoisotopic (exact) mass is 360 g/mol. The Morgan fingerprint density at radius 3 is 2.09 bits per heavy atom. The molecule has 2 rings (SSSR count). The van der Waals surface area contributed by atoms with Gasteiger partial charge in [0.15, 0.2) is 0 Å². The summed E-state index contributed by atoms with van der Waals surface area (Å²) >= 11 is 3.35. The minimum absolute atomic E-state index is 0.0390. The fourth-order valence-electron chi connectivity index (χ4n) is 2.06. The minimum atomic E-state index is -0.120. The number of nitrogens with zero attached hydrogens (tertiary/aromatic N) is 1. The van der Waals surface area contributed by atoms with E-state index in [1.54, 1.807) is 43.3 Å². The van der Waals surface area contributed by atoms with Crippen molar-refractivity contribution in [1.82, 2.24) is 10.2 Å². The maximum atomic E-state index is 12.3. The first-order valence-corrected chi connectivity index (χ1v) is 7.62. The van der Waals surface area contributed by atoms with Crippen molar-refractivity contribution in [2.45, 2.75) is 6.54 Å². The lowest BCUT2D eigenvalue weighted by Gasteiger charge is -2.17. The van der Waals surface area contributed by atoms with Crippen molar-refractivity contribution < 1.29 is 9.59 Å². The van der Waals surface area contributed by atoms with E-state index in [1.807, 2.05) is 24.3 Å². The molecule has 5 heteroatoms. The molecule has 0 aromatic heterocycles. The second-order valence-electron chi connectivity index (χ2n) is 4.94. The Bertz CT molecular complexity index is 666. The maximum Gasteiger partial charge on any atom is 0.253 e. The second-order valence-corrected chi connectivity index (χ2v) is 5.86. The van der Waals surface area contributed by atoms with E-state index in [2.05, 4.69) is 21.2 Å². The van der Waals surface area contributed by atoms with Gasteiger partial charge in [-0.15, -0.1) is 0 Å². The van der Waals surface area contributed by atoms with Crippen LogP contribution in [0.2, 0.25) is 0 Å². The van der Waals surface area contributed by atoms with Gasteiger partial charge in [0.2, 0.25) is 0 Å². The average Bonchev–Trinajstić information content (AvgIpc) is 2.54. The highest BCUT2D eigenvalue weighted by Gasteiger charge is 2.12. The number of amides is 2. The minimum Gasteiger partial charge on any atom is -0.355 e. The van der Waals surface area contributed by atoms with Gasteiger partial charge in [-0.25, -0.2) is 0 Å². The molecule has 0 aliphatic rings. The summed E-state index contributed by atoms with van der Waals surface area (Å²) in [5.41, 5.74) is 2.22. The van der Waals surface area contributed by atoms with Crippen LogP contribution in [0.1, 0.15) is 26.3 Å². The molecule has 1 N–H and O–H groups in total. The molecule has 0 aliphatic carbocycles. The van der Waals surface area contributed by atoms with Crippen LogP contribution in [0.4, 0.5) is 0 Å². The smallest absolute Gasteiger partial charge is 0.253 e. The van der Waals surface area contributed by atoms with Gasteiger partial charge >= 0.3 is 0 Å². The van der Waals surface area contributed by atoms with E-state index in [0.29, 0.717) is 17.7 Å². The summed E-state index contributed by atoms with van der Waals surface area (Å²) in [4.78, 5) is 25.5. The van der Waals surface area contributed by atoms with Crippen LogP contribution in [-0.4, -0.2) is 30.8 Å². The van der Waals surface area contributed by atoms with E-state index in [9.17, 15) is 9.59 Å². The average molecular weight is 361 g/mol. The van der Waals surface area contributed by atoms with Crippen molar-refractivity contribution in [3.8, 4) is 0 Å². The lowest BCUT2D eigenvalue weighted by Crippen LogP contribution is -2.26. The molecule has 0 bridgehead atoms. The Labute approximate surface area is 138 Å². The number of nitrogens with one attached hydrogen (secondary N) is 1. The van der Waals surface area contributed by atoms with Gasteiger partial charge < -0.3 is 10.2 Å². The number of benzene rings is 2. The molecule has 0 saturated carbocycles. The zero-order valence-electron chi connectivity index (χ0n) is 12.5. The number of hydrogen-bond donors (Lipinski definition) is 1. The van der Waals surface area contributed by atoms with E-state index in [-0.39, 0.29) is 11.8 Å². The zero-order valence-corrected chi connectivity index (χ0v) is 14.1. The summed E-state index contributed by atoms with van der Waals surface area (Å²) < 4.78 is 0.941. The van der Waals surface area contributed by atoms with Crippen LogP contribution < -0.4 is 5.32 Å². The van der Waals surface area contributed by atoms with Crippen molar-refractivity contribution in [2.75, 3.05) is 14.1 Å². The Morgan fingerprint density at radius 2 is 1.55 bits per heavy atom. The van der Waals surface area contributed by atoms with Crippen LogP contribution >= 0.6 is 15.9 Å². The van der Waals surface area contributed by atoms with Crippen molar-refractivity contribution in [2.24, 2.45) is 0 Å². The second kappa shape index (κ2) is 7.22. The molecule has 0 atom stereocenters. The fraction of sp³-hybridized carbons (Fsp3) is 0.176. The van der Waals surface area contributed by atoms with Crippen LogP contribution in [0.5, 0.6) is 0 Å². The normalized spacial score (nSPS) is 10.1. The van der Waals surface area contributed by atoms with Gasteiger partial charge in [-0.2, -0.15) is 0 Å². The largest absolute Gasteiger partial charge is 0.355 e. The highest BCUT2D eigenvalue weighted by molar-refractivity contribution is 9.10. The maximum absolute atomic E-state index is 12.3. The van der Waals surface area contributed by atoms with Gasteiger partial charge in [0, 0.05) is 36.2 Å². The summed E-state index contributed by atoms with van der Waals surface area (Å²) in [5, 5.41) is 2.58. The topological polar surface area (TPSA) is 49.4 Å². The molecule has 0 saturated heterocycles. The third-order valence-electron chi connectivity index (χ3n) is 3.30. The SMILES string of the molecule is CNC(=O)c1ccc(CN(C)C(=O)c2ccc(Br)cc2)cc1. The number of rotatable bonds is 4. The highest BCUT2D eigenvalue weighted by atomic mass is 79.9. The van der Waals surface area contributed by atoms with E-state index in [1.165, 1.54) is 0 Å². The Balaban J connectivity index is 2.05. The molecule has 0 radical (unpaired) electrons. The Kier molecular flexibility index (Phi) is 5.33. The molecule has 0 unspecified atom stereocenters. The number of hydrogen-bond acceptors (Lipinski definition) is 2. The third kappa shape index (κ3) is 3.95. The summed E-state index contributed by atoms with van der Waals surface area (Å²) in [6.45, 7) is 0.489. The number of carbonyl (C=O) groups is 2. The summed E-state index contributed by atoms with van der Waals surface area (Å²) in [6.07, 6.45) is 0. The summed E-state index contributed by atoms with van der Waals surface area (Å²) in [7, 11) is 3.36. The van der Waals surface area contributed by atoms with Gasteiger partial charge in [-0.1, -0.05) is 28.1 Å². The van der Waals surface area contributed by atoms with Gasteiger partial charge in [-0.05, 0) is 42.0 Å². The quantitative estimate of drug-likeness (QED) is 0.910. The van der Waals surface area contributed by atoms with Crippen molar-refractivity contribution in [3.05, 3.63) is 69.7 Å². The van der Waals surface area contributed by atoms with Gasteiger partial charge in [0.05, 0.1) is 0 Å². The lowest BCUT2D eigenvalue weighted by atomic mass is 10.1. The molecule has 0 fully saturated rings. The van der Waals surface area contributed by atoms with E-state index < -0.39 is 0 Å². The molecule has 2 aromatic rings. The molecule has 114 valence electrons. The van der Waals surface area contributed by atoms with Crippen molar-refractivity contribution >= 4 is 27.7 Å². The summed E-state index contributed by atoms with van der Waals surface area (Å²) in [5.74, 6) is -0.159. The van der Waals surface area contributed by atoms with Gasteiger partial charge in [0.1, 0.15) is 0 Å². The van der Waals surface area contributed by atoms with Gasteiger partial charge in [-0.3, -0.25) is 9.59 Å². The third-order valence-corrected chi connectivity index (χ3v) is 3.83. The number of halogens is 1. The van der Waals surface area contributed by atoms with E-state index >= 15 is 0 Å². The lowest BCUT2D eigenvalue weighted by molar-refractivity contribution is 0.0784. The summed E-state index contributed by atoms with van der Waals surface area (Å²) in [6, 6.07) is 14.5. The Hall–Kier alpha value is -2.14. The molecular weight excluding hydrogens is 344 g/mol. The zero-order chi connectivity index (χ0) is 16.1. The van der Waals surface area contributed by atoms with Crippen molar-refractivity contribution in [1.29, 1.82) is 0 Å². The molecule has 0 aliphatic heterocycles. The molecular formula is C17H17BrN2O2. The van der Waals surface area contributed by atoms with Gasteiger partial charge in [0.25, 0.3) is 11.8 Å². The van der Waals surface area contributed by atoms with Crippen LogP contribution in [0.3, 0.4) is 0 Å². The fourth-order valence-corrected chi connectivity index (χ4v) is 2.33. The molecule has 2 amide bonds. The highest BCUT2D eigenvalue weighted by Crippen LogP contribution is 2.13. The molecule has 22 heavy (non-hydrogen) atoms. The van der Waals surface area contributed by atoms with Crippen LogP contribution in [0.15, 0.2) is 53.0 Å². The number of carbonyl (C=O) groups excluding carboxylic acids is 2.